The molecule has 6 nitrogen and oxygen atoms in total. The first kappa shape index (κ1) is 23.5. The van der Waals surface area contributed by atoms with E-state index in [2.05, 4.69) is 15.3 Å². The topological polar surface area (TPSA) is 98.2 Å². The first-order chi connectivity index (χ1) is 14.9. The summed E-state index contributed by atoms with van der Waals surface area (Å²) < 4.78 is 51.3. The SMILES string of the molecule is CC(C)(CO)c1cc(F)c(Cc2nc3ccc(C(=O)NCCC(F)(F)F)cc3[nH]2)cc1O. The maximum Gasteiger partial charge on any atom is 0.390 e. The number of halogens is 4. The van der Waals surface area contributed by atoms with Crippen molar-refractivity contribution in [2.45, 2.75) is 38.3 Å². The average Bonchev–Trinajstić information content (AvgIpc) is 3.10. The lowest BCUT2D eigenvalue weighted by atomic mass is 9.84. The van der Waals surface area contributed by atoms with Crippen molar-refractivity contribution in [3.8, 4) is 5.75 Å². The zero-order valence-electron chi connectivity index (χ0n) is 17.5. The van der Waals surface area contributed by atoms with E-state index < -0.39 is 36.3 Å². The molecular formula is C22H23F4N3O3. The molecule has 10 heteroatoms. The largest absolute Gasteiger partial charge is 0.508 e. The number of aliphatic hydroxyl groups is 1. The second-order valence-corrected chi connectivity index (χ2v) is 8.22. The number of hydrogen-bond acceptors (Lipinski definition) is 4. The van der Waals surface area contributed by atoms with Crippen molar-refractivity contribution in [3.63, 3.8) is 0 Å². The molecule has 0 aliphatic carbocycles. The number of aliphatic hydroxyl groups excluding tert-OH is 1. The fourth-order valence-corrected chi connectivity index (χ4v) is 3.26. The number of nitrogens with zero attached hydrogens (tertiary/aromatic N) is 1. The molecule has 0 bridgehead atoms. The summed E-state index contributed by atoms with van der Waals surface area (Å²) in [6.45, 7) is 2.56. The molecule has 1 aromatic heterocycles. The molecule has 1 amide bonds. The molecule has 0 fully saturated rings. The van der Waals surface area contributed by atoms with Crippen LogP contribution in [0, 0.1) is 5.82 Å². The Morgan fingerprint density at radius 1 is 1.19 bits per heavy atom. The summed E-state index contributed by atoms with van der Waals surface area (Å²) >= 11 is 0. The Hall–Kier alpha value is -3.14. The van der Waals surface area contributed by atoms with Crippen molar-refractivity contribution in [2.75, 3.05) is 13.2 Å². The summed E-state index contributed by atoms with van der Waals surface area (Å²) in [5.74, 6) is -0.980. The Morgan fingerprint density at radius 2 is 1.91 bits per heavy atom. The molecule has 0 aliphatic heterocycles. The Morgan fingerprint density at radius 3 is 2.56 bits per heavy atom. The minimum Gasteiger partial charge on any atom is -0.508 e. The van der Waals surface area contributed by atoms with Gasteiger partial charge in [0.05, 0.1) is 24.1 Å². The monoisotopic (exact) mass is 453 g/mol. The van der Waals surface area contributed by atoms with Gasteiger partial charge < -0.3 is 20.5 Å². The molecule has 1 heterocycles. The predicted octanol–water partition coefficient (Wildman–Crippen LogP) is 3.95. The van der Waals surface area contributed by atoms with Gasteiger partial charge in [0.2, 0.25) is 0 Å². The van der Waals surface area contributed by atoms with Crippen molar-refractivity contribution < 1.29 is 32.6 Å². The van der Waals surface area contributed by atoms with E-state index in [-0.39, 0.29) is 35.5 Å². The number of imidazole rings is 1. The highest BCUT2D eigenvalue weighted by Gasteiger charge is 2.27. The van der Waals surface area contributed by atoms with Crippen LogP contribution in [0.5, 0.6) is 5.75 Å². The molecule has 0 unspecified atom stereocenters. The lowest BCUT2D eigenvalue weighted by Gasteiger charge is -2.24. The van der Waals surface area contributed by atoms with Gasteiger partial charge in [0.25, 0.3) is 5.91 Å². The van der Waals surface area contributed by atoms with Crippen molar-refractivity contribution >= 4 is 16.9 Å². The standard InChI is InChI=1S/C22H23F4N3O3/c1-21(2,11-30)14-10-15(23)13(8-18(14)31)9-19-28-16-4-3-12(7-17(16)29-19)20(32)27-6-5-22(24,25)26/h3-4,7-8,10,30-31H,5-6,9,11H2,1-2H3,(H,27,32)(H,28,29). The van der Waals surface area contributed by atoms with Gasteiger partial charge in [-0.15, -0.1) is 0 Å². The second-order valence-electron chi connectivity index (χ2n) is 8.22. The number of rotatable bonds is 7. The molecule has 2 aromatic carbocycles. The molecule has 3 rings (SSSR count). The summed E-state index contributed by atoms with van der Waals surface area (Å²) in [6, 6.07) is 6.90. The molecule has 3 aromatic rings. The number of phenols is 1. The zero-order valence-corrected chi connectivity index (χ0v) is 17.5. The summed E-state index contributed by atoms with van der Waals surface area (Å²) in [6.07, 6.45) is -5.45. The van der Waals surface area contributed by atoms with Crippen molar-refractivity contribution in [3.05, 3.63) is 58.7 Å². The molecule has 172 valence electrons. The van der Waals surface area contributed by atoms with Gasteiger partial charge >= 0.3 is 6.18 Å². The van der Waals surface area contributed by atoms with Gasteiger partial charge in [-0.25, -0.2) is 9.37 Å². The number of phenolic OH excluding ortho intramolecular Hbond substituents is 1. The number of carbonyl (C=O) groups excluding carboxylic acids is 1. The molecule has 32 heavy (non-hydrogen) atoms. The van der Waals surface area contributed by atoms with Crippen LogP contribution in [0.15, 0.2) is 30.3 Å². The van der Waals surface area contributed by atoms with Gasteiger partial charge in [0.1, 0.15) is 17.4 Å². The van der Waals surface area contributed by atoms with E-state index in [9.17, 15) is 32.6 Å². The Labute approximate surface area is 181 Å². The molecule has 4 N–H and O–H groups in total. The molecule has 0 radical (unpaired) electrons. The van der Waals surface area contributed by atoms with Gasteiger partial charge in [-0.1, -0.05) is 13.8 Å². The maximum atomic E-state index is 14.6. The van der Waals surface area contributed by atoms with Crippen molar-refractivity contribution in [1.82, 2.24) is 15.3 Å². The van der Waals surface area contributed by atoms with Crippen LogP contribution in [-0.2, 0) is 11.8 Å². The van der Waals surface area contributed by atoms with E-state index in [1.807, 2.05) is 0 Å². The van der Waals surface area contributed by atoms with Gasteiger partial charge in [-0.05, 0) is 35.9 Å². The van der Waals surface area contributed by atoms with Gasteiger partial charge in [0.15, 0.2) is 0 Å². The van der Waals surface area contributed by atoms with Crippen LogP contribution in [0.2, 0.25) is 0 Å². The fraction of sp³-hybridized carbons (Fsp3) is 0.364. The van der Waals surface area contributed by atoms with E-state index in [0.29, 0.717) is 16.9 Å². The third-order valence-corrected chi connectivity index (χ3v) is 5.13. The summed E-state index contributed by atoms with van der Waals surface area (Å²) in [5, 5.41) is 22.0. The minimum absolute atomic E-state index is 0.0288. The van der Waals surface area contributed by atoms with Crippen LogP contribution < -0.4 is 5.32 Å². The molecule has 0 atom stereocenters. The normalized spacial score (nSPS) is 12.3. The third-order valence-electron chi connectivity index (χ3n) is 5.13. The highest BCUT2D eigenvalue weighted by molar-refractivity contribution is 5.97. The highest BCUT2D eigenvalue weighted by Crippen LogP contribution is 2.33. The summed E-state index contributed by atoms with van der Waals surface area (Å²) in [5.41, 5.74) is 0.769. The number of aromatic nitrogens is 2. The predicted molar refractivity (Wildman–Crippen MR) is 110 cm³/mol. The number of carbonyl (C=O) groups is 1. The molecule has 0 spiro atoms. The number of aromatic amines is 1. The average molecular weight is 453 g/mol. The van der Waals surface area contributed by atoms with Crippen molar-refractivity contribution in [2.24, 2.45) is 0 Å². The Kier molecular flexibility index (Phi) is 6.45. The van der Waals surface area contributed by atoms with Crippen LogP contribution in [0.25, 0.3) is 11.0 Å². The van der Waals surface area contributed by atoms with E-state index in [0.717, 1.165) is 0 Å². The summed E-state index contributed by atoms with van der Waals surface area (Å²) in [4.78, 5) is 19.4. The number of amides is 1. The number of alkyl halides is 3. The Bertz CT molecular complexity index is 1140. The van der Waals surface area contributed by atoms with Gasteiger partial charge in [0, 0.05) is 29.5 Å². The molecule has 0 aliphatic rings. The summed E-state index contributed by atoms with van der Waals surface area (Å²) in [7, 11) is 0. The third kappa shape index (κ3) is 5.37. The quantitative estimate of drug-likeness (QED) is 0.407. The van der Waals surface area contributed by atoms with Crippen molar-refractivity contribution in [1.29, 1.82) is 0 Å². The first-order valence-electron chi connectivity index (χ1n) is 9.86. The number of aromatic hydroxyl groups is 1. The molecule has 0 saturated carbocycles. The van der Waals surface area contributed by atoms with Crippen LogP contribution in [0.4, 0.5) is 17.6 Å². The van der Waals surface area contributed by atoms with E-state index in [1.165, 1.54) is 30.3 Å². The Balaban J connectivity index is 1.78. The van der Waals surface area contributed by atoms with Crippen LogP contribution in [-0.4, -0.2) is 45.4 Å². The van der Waals surface area contributed by atoms with E-state index in [4.69, 9.17) is 0 Å². The zero-order chi connectivity index (χ0) is 23.7. The van der Waals surface area contributed by atoms with Crippen LogP contribution >= 0.6 is 0 Å². The molecular weight excluding hydrogens is 430 g/mol. The number of nitrogens with one attached hydrogen (secondary N) is 2. The first-order valence-corrected chi connectivity index (χ1v) is 9.86. The lowest BCUT2D eigenvalue weighted by Crippen LogP contribution is -2.27. The highest BCUT2D eigenvalue weighted by atomic mass is 19.4. The number of hydrogen-bond donors (Lipinski definition) is 4. The van der Waals surface area contributed by atoms with Crippen LogP contribution in [0.1, 0.15) is 47.6 Å². The van der Waals surface area contributed by atoms with Gasteiger partial charge in [-0.3, -0.25) is 4.79 Å². The smallest absolute Gasteiger partial charge is 0.390 e. The maximum absolute atomic E-state index is 14.6. The van der Waals surface area contributed by atoms with Gasteiger partial charge in [-0.2, -0.15) is 13.2 Å². The van der Waals surface area contributed by atoms with E-state index >= 15 is 0 Å². The number of H-pyrrole nitrogens is 1. The number of benzene rings is 2. The second kappa shape index (κ2) is 8.78. The fourth-order valence-electron chi connectivity index (χ4n) is 3.26. The molecule has 0 saturated heterocycles. The van der Waals surface area contributed by atoms with E-state index in [1.54, 1.807) is 13.8 Å². The number of fused-ring (bicyclic) bond motifs is 1. The minimum atomic E-state index is -4.36. The van der Waals surface area contributed by atoms with Crippen LogP contribution in [0.3, 0.4) is 0 Å². The lowest BCUT2D eigenvalue weighted by molar-refractivity contribution is -0.132.